The number of nitrogens with two attached hydrogens (primary N) is 2. The molecule has 0 fully saturated rings. The number of hydrogen-bond donors (Lipinski definition) is 2. The zero-order valence-electron chi connectivity index (χ0n) is 24.7. The van der Waals surface area contributed by atoms with Crippen LogP contribution in [0.3, 0.4) is 0 Å². The molecule has 0 unspecified atom stereocenters. The van der Waals surface area contributed by atoms with E-state index in [0.29, 0.717) is 11.4 Å². The lowest BCUT2D eigenvalue weighted by Crippen LogP contribution is -2.25. The van der Waals surface area contributed by atoms with Crippen LogP contribution in [0.2, 0.25) is 0 Å². The third kappa shape index (κ3) is 6.37. The van der Waals surface area contributed by atoms with Crippen molar-refractivity contribution in [1.29, 1.82) is 0 Å². The van der Waals surface area contributed by atoms with Gasteiger partial charge in [-0.05, 0) is 128 Å². The lowest BCUT2D eigenvalue weighted by atomic mass is 9.71. The van der Waals surface area contributed by atoms with Gasteiger partial charge in [0.25, 0.3) is 0 Å². The molecule has 0 aliphatic carbocycles. The predicted octanol–water partition coefficient (Wildman–Crippen LogP) is 9.89. The van der Waals surface area contributed by atoms with Gasteiger partial charge in [-0.1, -0.05) is 54.1 Å². The molecule has 0 saturated heterocycles. The van der Waals surface area contributed by atoms with Crippen molar-refractivity contribution in [3.05, 3.63) is 168 Å². The van der Waals surface area contributed by atoms with E-state index < -0.39 is 5.41 Å². The number of aryl methyl sites for hydroxylation is 1. The Morgan fingerprint density at radius 2 is 0.591 bits per heavy atom. The first-order chi connectivity index (χ1) is 21.3. The first-order valence-electron chi connectivity index (χ1n) is 14.5. The molecule has 6 aromatic carbocycles. The van der Waals surface area contributed by atoms with Gasteiger partial charge >= 0.3 is 0 Å². The van der Waals surface area contributed by atoms with Gasteiger partial charge in [-0.2, -0.15) is 0 Å². The molecule has 0 saturated carbocycles. The Bertz CT molecular complexity index is 1590. The monoisotopic (exact) mass is 578 g/mol. The van der Waals surface area contributed by atoms with Crippen LogP contribution in [0, 0.1) is 6.92 Å². The van der Waals surface area contributed by atoms with Crippen LogP contribution in [0.5, 0.6) is 34.5 Å². The average Bonchev–Trinajstić information content (AvgIpc) is 3.05. The molecule has 0 bridgehead atoms. The van der Waals surface area contributed by atoms with Gasteiger partial charge in [0.05, 0.1) is 0 Å². The average molecular weight is 579 g/mol. The van der Waals surface area contributed by atoms with Crippen molar-refractivity contribution in [2.24, 2.45) is 0 Å². The zero-order valence-corrected chi connectivity index (χ0v) is 24.7. The van der Waals surface area contributed by atoms with Crippen LogP contribution < -0.4 is 25.7 Å². The van der Waals surface area contributed by atoms with Crippen molar-refractivity contribution in [2.75, 3.05) is 11.5 Å². The molecule has 44 heavy (non-hydrogen) atoms. The first-order valence-corrected chi connectivity index (χ1v) is 14.5. The fourth-order valence-electron chi connectivity index (χ4n) is 5.16. The molecule has 0 aromatic heterocycles. The summed E-state index contributed by atoms with van der Waals surface area (Å²) in [4.78, 5) is 0. The van der Waals surface area contributed by atoms with Crippen LogP contribution >= 0.6 is 0 Å². The molecular weight excluding hydrogens is 544 g/mol. The van der Waals surface area contributed by atoms with Crippen molar-refractivity contribution in [3.8, 4) is 34.5 Å². The highest BCUT2D eigenvalue weighted by molar-refractivity contribution is 5.53. The molecule has 0 aliphatic rings. The van der Waals surface area contributed by atoms with E-state index in [0.717, 1.165) is 51.2 Å². The molecule has 6 aromatic rings. The van der Waals surface area contributed by atoms with Crippen molar-refractivity contribution in [1.82, 2.24) is 0 Å². The molecule has 218 valence electrons. The van der Waals surface area contributed by atoms with Crippen molar-refractivity contribution in [2.45, 2.75) is 19.3 Å². The van der Waals surface area contributed by atoms with Gasteiger partial charge in [0, 0.05) is 16.8 Å². The summed E-state index contributed by atoms with van der Waals surface area (Å²) in [5.41, 5.74) is 17.1. The number of hydrogen-bond acceptors (Lipinski definition) is 5. The highest BCUT2D eigenvalue weighted by atomic mass is 16.5. The highest BCUT2D eigenvalue weighted by Gasteiger charge is 2.31. The van der Waals surface area contributed by atoms with Crippen molar-refractivity contribution in [3.63, 3.8) is 0 Å². The highest BCUT2D eigenvalue weighted by Crippen LogP contribution is 2.41. The van der Waals surface area contributed by atoms with E-state index in [-0.39, 0.29) is 0 Å². The van der Waals surface area contributed by atoms with Crippen LogP contribution in [-0.2, 0) is 5.41 Å². The maximum absolute atomic E-state index is 6.12. The van der Waals surface area contributed by atoms with Gasteiger partial charge in [-0.3, -0.25) is 0 Å². The second-order valence-corrected chi connectivity index (χ2v) is 11.0. The number of anilines is 2. The molecule has 5 nitrogen and oxygen atoms in total. The summed E-state index contributed by atoms with van der Waals surface area (Å²) in [6.07, 6.45) is 0. The van der Waals surface area contributed by atoms with E-state index in [1.165, 1.54) is 5.56 Å². The molecule has 0 spiro atoms. The largest absolute Gasteiger partial charge is 0.457 e. The Hall–Kier alpha value is -5.68. The first kappa shape index (κ1) is 28.4. The summed E-state index contributed by atoms with van der Waals surface area (Å²) < 4.78 is 18.3. The minimum Gasteiger partial charge on any atom is -0.457 e. The second-order valence-electron chi connectivity index (χ2n) is 11.0. The molecule has 0 radical (unpaired) electrons. The van der Waals surface area contributed by atoms with E-state index >= 15 is 0 Å². The summed E-state index contributed by atoms with van der Waals surface area (Å²) in [7, 11) is 0. The van der Waals surface area contributed by atoms with Crippen LogP contribution in [0.25, 0.3) is 0 Å². The Balaban J connectivity index is 1.31. The summed E-state index contributed by atoms with van der Waals surface area (Å²) in [6.45, 7) is 4.29. The van der Waals surface area contributed by atoms with Gasteiger partial charge in [0.2, 0.25) is 0 Å². The molecule has 0 atom stereocenters. The van der Waals surface area contributed by atoms with Crippen molar-refractivity contribution >= 4 is 11.4 Å². The van der Waals surface area contributed by atoms with Gasteiger partial charge in [-0.15, -0.1) is 0 Å². The van der Waals surface area contributed by atoms with Gasteiger partial charge < -0.3 is 25.7 Å². The maximum atomic E-state index is 6.12. The molecule has 5 heteroatoms. The lowest BCUT2D eigenvalue weighted by Gasteiger charge is -2.32. The molecule has 6 rings (SSSR count). The number of ether oxygens (including phenoxy) is 3. The van der Waals surface area contributed by atoms with Gasteiger partial charge in [0.15, 0.2) is 0 Å². The fourth-order valence-corrected chi connectivity index (χ4v) is 5.16. The minimum absolute atomic E-state index is 0.484. The summed E-state index contributed by atoms with van der Waals surface area (Å²) in [5.74, 6) is 4.54. The van der Waals surface area contributed by atoms with Crippen molar-refractivity contribution < 1.29 is 14.2 Å². The minimum atomic E-state index is -0.484. The van der Waals surface area contributed by atoms with Gasteiger partial charge in [-0.25, -0.2) is 0 Å². The van der Waals surface area contributed by atoms with Crippen LogP contribution in [0.15, 0.2) is 146 Å². The molecule has 0 aliphatic heterocycles. The standard InChI is InChI=1S/C39H34N2O3/c1-27-3-15-33(16-4-27)42-34-17-5-28(6-18-34)39(2,29-7-19-35(20-8-29)43-37-23-11-31(40)12-24-37)30-9-21-36(22-10-30)44-38-25-13-32(41)14-26-38/h3-26H,40-41H2,1-2H3. The number of nitrogen functional groups attached to an aromatic ring is 2. The van der Waals surface area contributed by atoms with E-state index in [1.54, 1.807) is 0 Å². The molecule has 4 N–H and O–H groups in total. The topological polar surface area (TPSA) is 79.7 Å². The van der Waals surface area contributed by atoms with Crippen LogP contribution in [0.1, 0.15) is 29.2 Å². The third-order valence-electron chi connectivity index (χ3n) is 7.78. The Labute approximate surface area is 258 Å². The van der Waals surface area contributed by atoms with E-state index in [2.05, 4.69) is 50.2 Å². The molecule has 0 amide bonds. The summed E-state index contributed by atoms with van der Waals surface area (Å²) in [6, 6.07) is 47.5. The summed E-state index contributed by atoms with van der Waals surface area (Å²) in [5, 5.41) is 0. The Morgan fingerprint density at radius 1 is 0.364 bits per heavy atom. The predicted molar refractivity (Wildman–Crippen MR) is 178 cm³/mol. The van der Waals surface area contributed by atoms with Crippen LogP contribution in [0.4, 0.5) is 11.4 Å². The lowest BCUT2D eigenvalue weighted by molar-refractivity contribution is 0.481. The van der Waals surface area contributed by atoms with Gasteiger partial charge in [0.1, 0.15) is 34.5 Å². The SMILES string of the molecule is Cc1ccc(Oc2ccc(C(C)(c3ccc(Oc4ccc(N)cc4)cc3)c3ccc(Oc4ccc(N)cc4)cc3)cc2)cc1. The van der Waals surface area contributed by atoms with Crippen LogP contribution in [-0.4, -0.2) is 0 Å². The smallest absolute Gasteiger partial charge is 0.127 e. The molecular formula is C39H34N2O3. The molecule has 0 heterocycles. The Kier molecular flexibility index (Phi) is 7.94. The number of benzene rings is 6. The fraction of sp³-hybridized carbons (Fsp3) is 0.0769. The van der Waals surface area contributed by atoms with E-state index in [1.807, 2.05) is 109 Å². The quantitative estimate of drug-likeness (QED) is 0.132. The van der Waals surface area contributed by atoms with E-state index in [4.69, 9.17) is 25.7 Å². The second kappa shape index (κ2) is 12.3. The normalized spacial score (nSPS) is 11.1. The maximum Gasteiger partial charge on any atom is 0.127 e. The number of rotatable bonds is 9. The Morgan fingerprint density at radius 3 is 0.864 bits per heavy atom. The van der Waals surface area contributed by atoms with E-state index in [9.17, 15) is 0 Å². The summed E-state index contributed by atoms with van der Waals surface area (Å²) >= 11 is 0. The third-order valence-corrected chi connectivity index (χ3v) is 7.78. The zero-order chi connectivity index (χ0) is 30.5.